The zero-order chi connectivity index (χ0) is 14.3. The van der Waals surface area contributed by atoms with Gasteiger partial charge in [-0.05, 0) is 48.3 Å². The van der Waals surface area contributed by atoms with Gasteiger partial charge in [-0.15, -0.1) is 0 Å². The molecule has 0 saturated heterocycles. The summed E-state index contributed by atoms with van der Waals surface area (Å²) in [5, 5.41) is 3.65. The van der Waals surface area contributed by atoms with Gasteiger partial charge < -0.3 is 10.1 Å². The van der Waals surface area contributed by atoms with Gasteiger partial charge in [0.25, 0.3) is 0 Å². The lowest BCUT2D eigenvalue weighted by Crippen LogP contribution is -2.25. The van der Waals surface area contributed by atoms with Crippen LogP contribution in [-0.4, -0.2) is 13.2 Å². The van der Waals surface area contributed by atoms with Crippen LogP contribution in [0.3, 0.4) is 0 Å². The van der Waals surface area contributed by atoms with Gasteiger partial charge in [0.2, 0.25) is 0 Å². The first-order chi connectivity index (χ1) is 8.76. The number of rotatable bonds is 4. The Hall–Kier alpha value is -1.18. The largest absolute Gasteiger partial charge is 0.495 e. The summed E-state index contributed by atoms with van der Waals surface area (Å²) in [7, 11) is 1.74. The third kappa shape index (κ3) is 3.05. The Morgan fingerprint density at radius 3 is 2.37 bits per heavy atom. The van der Waals surface area contributed by atoms with E-state index in [1.54, 1.807) is 7.11 Å². The first-order valence-electron chi connectivity index (χ1n) is 7.21. The molecule has 19 heavy (non-hydrogen) atoms. The Morgan fingerprint density at radius 1 is 1.26 bits per heavy atom. The highest BCUT2D eigenvalue weighted by Gasteiger charge is 2.42. The minimum Gasteiger partial charge on any atom is -0.495 e. The van der Waals surface area contributed by atoms with Crippen LogP contribution in [0.4, 0.5) is 5.69 Å². The van der Waals surface area contributed by atoms with Crippen LogP contribution in [0.15, 0.2) is 18.2 Å². The third-order valence-corrected chi connectivity index (χ3v) is 4.52. The Bertz CT molecular complexity index is 455. The summed E-state index contributed by atoms with van der Waals surface area (Å²) in [5.74, 6) is 0.934. The molecule has 1 aromatic rings. The summed E-state index contributed by atoms with van der Waals surface area (Å²) in [5.41, 5.74) is 3.08. The first-order valence-corrected chi connectivity index (χ1v) is 7.21. The van der Waals surface area contributed by atoms with Crippen LogP contribution in [0.25, 0.3) is 0 Å². The van der Waals surface area contributed by atoms with Gasteiger partial charge in [0.15, 0.2) is 0 Å². The Kier molecular flexibility index (Phi) is 3.55. The molecule has 1 N–H and O–H groups in total. The molecule has 1 aliphatic rings. The van der Waals surface area contributed by atoms with E-state index in [2.05, 4.69) is 58.1 Å². The maximum Gasteiger partial charge on any atom is 0.141 e. The van der Waals surface area contributed by atoms with E-state index >= 15 is 0 Å². The van der Waals surface area contributed by atoms with Gasteiger partial charge in [0.1, 0.15) is 5.75 Å². The van der Waals surface area contributed by atoms with Crippen LogP contribution in [0.1, 0.15) is 53.0 Å². The molecule has 1 atom stereocenters. The van der Waals surface area contributed by atoms with Gasteiger partial charge in [-0.1, -0.05) is 33.8 Å². The zero-order valence-corrected chi connectivity index (χ0v) is 13.1. The fraction of sp³-hybridized carbons (Fsp3) is 0.647. The van der Waals surface area contributed by atoms with E-state index in [9.17, 15) is 0 Å². The minimum atomic E-state index is 0.162. The first kappa shape index (κ1) is 14.2. The molecule has 1 saturated carbocycles. The maximum atomic E-state index is 5.48. The molecule has 0 aliphatic heterocycles. The molecule has 0 amide bonds. The van der Waals surface area contributed by atoms with E-state index < -0.39 is 0 Å². The maximum absolute atomic E-state index is 5.48. The molecule has 2 heteroatoms. The lowest BCUT2D eigenvalue weighted by atomic mass is 9.86. The molecule has 0 radical (unpaired) electrons. The third-order valence-electron chi connectivity index (χ3n) is 4.52. The Morgan fingerprint density at radius 2 is 1.89 bits per heavy atom. The van der Waals surface area contributed by atoms with Crippen LogP contribution in [-0.2, 0) is 5.41 Å². The minimum absolute atomic E-state index is 0.162. The molecular weight excluding hydrogens is 234 g/mol. The van der Waals surface area contributed by atoms with Crippen molar-refractivity contribution in [2.75, 3.05) is 12.4 Å². The van der Waals surface area contributed by atoms with Crippen molar-refractivity contribution in [2.45, 2.75) is 58.9 Å². The van der Waals surface area contributed by atoms with Gasteiger partial charge >= 0.3 is 0 Å². The molecule has 0 spiro atoms. The summed E-state index contributed by atoms with van der Waals surface area (Å²) in [6.07, 6.45) is 2.64. The summed E-state index contributed by atoms with van der Waals surface area (Å²) in [6.45, 7) is 11.3. The fourth-order valence-electron chi connectivity index (χ4n) is 2.32. The van der Waals surface area contributed by atoms with Crippen LogP contribution in [0.5, 0.6) is 5.75 Å². The summed E-state index contributed by atoms with van der Waals surface area (Å²) >= 11 is 0. The average molecular weight is 261 g/mol. The van der Waals surface area contributed by atoms with Gasteiger partial charge in [-0.3, -0.25) is 0 Å². The van der Waals surface area contributed by atoms with Crippen molar-refractivity contribution in [3.05, 3.63) is 23.8 Å². The molecule has 0 aromatic heterocycles. The predicted octanol–water partition coefficient (Wildman–Crippen LogP) is 4.59. The Labute approximate surface area is 117 Å². The van der Waals surface area contributed by atoms with Crippen molar-refractivity contribution in [1.29, 1.82) is 0 Å². The summed E-state index contributed by atoms with van der Waals surface area (Å²) in [6, 6.07) is 6.95. The topological polar surface area (TPSA) is 21.3 Å². The predicted molar refractivity (Wildman–Crippen MR) is 82.1 cm³/mol. The van der Waals surface area contributed by atoms with Gasteiger partial charge in [-0.2, -0.15) is 0 Å². The van der Waals surface area contributed by atoms with Crippen LogP contribution < -0.4 is 10.1 Å². The lowest BCUT2D eigenvalue weighted by Gasteiger charge is -2.25. The normalized spacial score (nSPS) is 18.8. The van der Waals surface area contributed by atoms with Gasteiger partial charge in [0, 0.05) is 6.04 Å². The van der Waals surface area contributed by atoms with Crippen molar-refractivity contribution < 1.29 is 4.74 Å². The number of ether oxygens (including phenoxy) is 1. The van der Waals surface area contributed by atoms with Gasteiger partial charge in [-0.25, -0.2) is 0 Å². The number of hydrogen-bond donors (Lipinski definition) is 1. The van der Waals surface area contributed by atoms with E-state index in [-0.39, 0.29) is 5.41 Å². The van der Waals surface area contributed by atoms with Gasteiger partial charge in [0.05, 0.1) is 12.8 Å². The standard InChI is InChI=1S/C17H27NO/c1-12(17(5)9-10-17)18-14-11-13(16(2,3)4)7-8-15(14)19-6/h7-8,11-12,18H,9-10H2,1-6H3. The van der Waals surface area contributed by atoms with Crippen molar-refractivity contribution in [2.24, 2.45) is 5.41 Å². The van der Waals surface area contributed by atoms with E-state index in [0.29, 0.717) is 11.5 Å². The summed E-state index contributed by atoms with van der Waals surface area (Å²) < 4.78 is 5.48. The zero-order valence-electron chi connectivity index (χ0n) is 13.1. The highest BCUT2D eigenvalue weighted by Crippen LogP contribution is 2.49. The monoisotopic (exact) mass is 261 g/mol. The second-order valence-corrected chi connectivity index (χ2v) is 7.19. The van der Waals surface area contributed by atoms with E-state index in [0.717, 1.165) is 11.4 Å². The highest BCUT2D eigenvalue weighted by molar-refractivity contribution is 5.59. The van der Waals surface area contributed by atoms with Crippen LogP contribution in [0, 0.1) is 5.41 Å². The summed E-state index contributed by atoms with van der Waals surface area (Å²) in [4.78, 5) is 0. The molecule has 106 valence electrons. The van der Waals surface area contributed by atoms with Crippen molar-refractivity contribution >= 4 is 5.69 Å². The smallest absolute Gasteiger partial charge is 0.141 e. The molecule has 2 rings (SSSR count). The van der Waals surface area contributed by atoms with E-state index in [1.165, 1.54) is 18.4 Å². The van der Waals surface area contributed by atoms with Crippen LogP contribution >= 0.6 is 0 Å². The van der Waals surface area contributed by atoms with Crippen molar-refractivity contribution in [1.82, 2.24) is 0 Å². The number of nitrogens with one attached hydrogen (secondary N) is 1. The molecule has 1 aliphatic carbocycles. The number of benzene rings is 1. The molecule has 0 heterocycles. The number of hydrogen-bond acceptors (Lipinski definition) is 2. The molecule has 0 bridgehead atoms. The quantitative estimate of drug-likeness (QED) is 0.855. The number of anilines is 1. The van der Waals surface area contributed by atoms with E-state index in [4.69, 9.17) is 4.74 Å². The lowest BCUT2D eigenvalue weighted by molar-refractivity contribution is 0.413. The fourth-order valence-corrected chi connectivity index (χ4v) is 2.32. The molecular formula is C17H27NO. The second kappa shape index (κ2) is 4.73. The number of methoxy groups -OCH3 is 1. The van der Waals surface area contributed by atoms with Crippen molar-refractivity contribution in [3.8, 4) is 5.75 Å². The van der Waals surface area contributed by atoms with Crippen molar-refractivity contribution in [3.63, 3.8) is 0 Å². The Balaban J connectivity index is 2.26. The average Bonchev–Trinajstić information content (AvgIpc) is 3.07. The highest BCUT2D eigenvalue weighted by atomic mass is 16.5. The second-order valence-electron chi connectivity index (χ2n) is 7.19. The molecule has 1 unspecified atom stereocenters. The SMILES string of the molecule is COc1ccc(C(C)(C)C)cc1NC(C)C1(C)CC1. The van der Waals surface area contributed by atoms with E-state index in [1.807, 2.05) is 0 Å². The van der Waals surface area contributed by atoms with Crippen LogP contribution in [0.2, 0.25) is 0 Å². The molecule has 1 aromatic carbocycles. The molecule has 1 fully saturated rings. The molecule has 2 nitrogen and oxygen atoms in total.